The van der Waals surface area contributed by atoms with E-state index in [2.05, 4.69) is 55.3 Å². The molecule has 1 aliphatic heterocycles. The number of piperidine rings is 1. The molecule has 3 nitrogen and oxygen atoms in total. The third kappa shape index (κ3) is 4.57. The van der Waals surface area contributed by atoms with Crippen molar-refractivity contribution in [2.75, 3.05) is 13.1 Å². The van der Waals surface area contributed by atoms with Gasteiger partial charge in [-0.25, -0.2) is 0 Å². The maximum Gasteiger partial charge on any atom is 0.223 e. The summed E-state index contributed by atoms with van der Waals surface area (Å²) in [7, 11) is 0. The summed E-state index contributed by atoms with van der Waals surface area (Å²) in [6, 6.07) is 8.74. The van der Waals surface area contributed by atoms with Gasteiger partial charge in [-0.15, -0.1) is 0 Å². The first-order valence-electron chi connectivity index (χ1n) is 9.09. The highest BCUT2D eigenvalue weighted by Crippen LogP contribution is 2.37. The van der Waals surface area contributed by atoms with Crippen LogP contribution in [-0.2, 0) is 17.9 Å². The molecule has 1 saturated carbocycles. The van der Waals surface area contributed by atoms with E-state index in [1.807, 2.05) is 0 Å². The van der Waals surface area contributed by atoms with Crippen molar-refractivity contribution in [3.8, 4) is 0 Å². The number of benzene rings is 1. The Morgan fingerprint density at radius 2 is 1.61 bits per heavy atom. The Balaban J connectivity index is 1.48. The number of rotatable bonds is 5. The van der Waals surface area contributed by atoms with E-state index < -0.39 is 0 Å². The van der Waals surface area contributed by atoms with Crippen molar-refractivity contribution in [1.82, 2.24) is 10.2 Å². The van der Waals surface area contributed by atoms with Gasteiger partial charge < -0.3 is 5.32 Å². The minimum atomic E-state index is 0.220. The lowest BCUT2D eigenvalue weighted by Gasteiger charge is -2.35. The van der Waals surface area contributed by atoms with Crippen LogP contribution < -0.4 is 5.32 Å². The lowest BCUT2D eigenvalue weighted by atomic mass is 9.91. The van der Waals surface area contributed by atoms with Crippen LogP contribution in [0, 0.1) is 23.7 Å². The second-order valence-corrected chi connectivity index (χ2v) is 7.99. The van der Waals surface area contributed by atoms with Crippen LogP contribution in [0.1, 0.15) is 44.7 Å². The smallest absolute Gasteiger partial charge is 0.223 e. The molecule has 1 saturated heterocycles. The van der Waals surface area contributed by atoms with Gasteiger partial charge in [0.25, 0.3) is 0 Å². The molecule has 3 rings (SSSR count). The molecule has 1 aromatic carbocycles. The average Bonchev–Trinajstić information content (AvgIpc) is 3.22. The summed E-state index contributed by atoms with van der Waals surface area (Å²) in [5.41, 5.74) is 2.56. The van der Waals surface area contributed by atoms with Crippen molar-refractivity contribution in [2.45, 2.75) is 46.7 Å². The Morgan fingerprint density at radius 1 is 1.04 bits per heavy atom. The topological polar surface area (TPSA) is 32.3 Å². The first-order valence-corrected chi connectivity index (χ1v) is 9.09. The molecule has 3 heteroatoms. The summed E-state index contributed by atoms with van der Waals surface area (Å²) in [5, 5.41) is 3.05. The van der Waals surface area contributed by atoms with Gasteiger partial charge in [-0.3, -0.25) is 9.69 Å². The molecule has 4 unspecified atom stereocenters. The van der Waals surface area contributed by atoms with Gasteiger partial charge in [0, 0.05) is 32.1 Å². The number of carbonyl (C=O) groups excluding carboxylic acids is 1. The predicted molar refractivity (Wildman–Crippen MR) is 93.8 cm³/mol. The van der Waals surface area contributed by atoms with Crippen LogP contribution in [0.15, 0.2) is 24.3 Å². The number of nitrogens with one attached hydrogen (secondary N) is 1. The largest absolute Gasteiger partial charge is 0.352 e. The van der Waals surface area contributed by atoms with Crippen molar-refractivity contribution in [1.29, 1.82) is 0 Å². The highest BCUT2D eigenvalue weighted by molar-refractivity contribution is 5.81. The van der Waals surface area contributed by atoms with Gasteiger partial charge in [0.1, 0.15) is 0 Å². The van der Waals surface area contributed by atoms with E-state index in [-0.39, 0.29) is 11.8 Å². The third-order valence-electron chi connectivity index (χ3n) is 5.29. The molecular weight excluding hydrogens is 284 g/mol. The van der Waals surface area contributed by atoms with Crippen molar-refractivity contribution in [3.63, 3.8) is 0 Å². The second-order valence-electron chi connectivity index (χ2n) is 7.99. The van der Waals surface area contributed by atoms with E-state index in [0.717, 1.165) is 24.8 Å². The maximum atomic E-state index is 11.9. The van der Waals surface area contributed by atoms with Crippen LogP contribution in [0.25, 0.3) is 0 Å². The van der Waals surface area contributed by atoms with E-state index in [0.29, 0.717) is 12.5 Å². The van der Waals surface area contributed by atoms with Gasteiger partial charge in [-0.2, -0.15) is 0 Å². The summed E-state index contributed by atoms with van der Waals surface area (Å²) in [4.78, 5) is 14.4. The highest BCUT2D eigenvalue weighted by Gasteiger charge is 2.38. The zero-order valence-corrected chi connectivity index (χ0v) is 14.7. The fraction of sp³-hybridized carbons (Fsp3) is 0.650. The van der Waals surface area contributed by atoms with E-state index in [1.165, 1.54) is 30.6 Å². The van der Waals surface area contributed by atoms with Crippen LogP contribution >= 0.6 is 0 Å². The number of carbonyl (C=O) groups is 1. The molecule has 0 bridgehead atoms. The number of nitrogens with zero attached hydrogens (tertiary/aromatic N) is 1. The van der Waals surface area contributed by atoms with Crippen LogP contribution in [0.3, 0.4) is 0 Å². The van der Waals surface area contributed by atoms with Crippen LogP contribution in [0.4, 0.5) is 0 Å². The normalized spacial score (nSPS) is 30.9. The summed E-state index contributed by atoms with van der Waals surface area (Å²) < 4.78 is 0. The lowest BCUT2D eigenvalue weighted by molar-refractivity contribution is -0.122. The molecule has 1 aromatic rings. The minimum absolute atomic E-state index is 0.220. The van der Waals surface area contributed by atoms with Crippen molar-refractivity contribution >= 4 is 5.91 Å². The fourth-order valence-electron chi connectivity index (χ4n) is 3.95. The minimum Gasteiger partial charge on any atom is -0.352 e. The van der Waals surface area contributed by atoms with E-state index >= 15 is 0 Å². The summed E-state index contributed by atoms with van der Waals surface area (Å²) >= 11 is 0. The number of amides is 1. The Kier molecular flexibility index (Phi) is 5.05. The molecule has 23 heavy (non-hydrogen) atoms. The van der Waals surface area contributed by atoms with Gasteiger partial charge >= 0.3 is 0 Å². The Hall–Kier alpha value is -1.35. The molecule has 1 heterocycles. The summed E-state index contributed by atoms with van der Waals surface area (Å²) in [6.07, 6.45) is 2.41. The van der Waals surface area contributed by atoms with Crippen LogP contribution in [0.2, 0.25) is 0 Å². The van der Waals surface area contributed by atoms with Gasteiger partial charge in [0.15, 0.2) is 0 Å². The number of likely N-dealkylation sites (tertiary alicyclic amines) is 1. The lowest BCUT2D eigenvalue weighted by Crippen LogP contribution is -2.38. The van der Waals surface area contributed by atoms with Gasteiger partial charge in [-0.05, 0) is 41.7 Å². The summed E-state index contributed by atoms with van der Waals surface area (Å²) in [5.74, 6) is 2.66. The number of hydrogen-bond acceptors (Lipinski definition) is 2. The SMILES string of the molecule is CC1CC(C)CN(Cc2ccc(CNC(=O)C3CC3C)cc2)C1. The standard InChI is InChI=1S/C20H30N2O/c1-14-8-15(2)12-22(11-14)13-18-6-4-17(5-7-18)10-21-20(23)19-9-16(19)3/h4-7,14-16,19H,8-13H2,1-3H3,(H,21,23). The van der Waals surface area contributed by atoms with Crippen LogP contribution in [0.5, 0.6) is 0 Å². The van der Waals surface area contributed by atoms with Crippen LogP contribution in [-0.4, -0.2) is 23.9 Å². The Bertz CT molecular complexity index is 529. The molecule has 2 fully saturated rings. The fourth-order valence-corrected chi connectivity index (χ4v) is 3.95. The van der Waals surface area contributed by atoms with Gasteiger partial charge in [0.05, 0.1) is 0 Å². The molecule has 1 aliphatic carbocycles. The van der Waals surface area contributed by atoms with Gasteiger partial charge in [-0.1, -0.05) is 45.0 Å². The third-order valence-corrected chi connectivity index (χ3v) is 5.29. The predicted octanol–water partition coefficient (Wildman–Crippen LogP) is 3.44. The summed E-state index contributed by atoms with van der Waals surface area (Å²) in [6.45, 7) is 11.0. The molecule has 126 valence electrons. The van der Waals surface area contributed by atoms with E-state index in [1.54, 1.807) is 0 Å². The first kappa shape index (κ1) is 16.5. The highest BCUT2D eigenvalue weighted by atomic mass is 16.2. The molecule has 0 spiro atoms. The molecule has 4 atom stereocenters. The monoisotopic (exact) mass is 314 g/mol. The van der Waals surface area contributed by atoms with E-state index in [9.17, 15) is 4.79 Å². The zero-order valence-electron chi connectivity index (χ0n) is 14.7. The van der Waals surface area contributed by atoms with Crippen molar-refractivity contribution in [2.24, 2.45) is 23.7 Å². The molecule has 1 amide bonds. The molecule has 1 N–H and O–H groups in total. The van der Waals surface area contributed by atoms with Gasteiger partial charge in [0.2, 0.25) is 5.91 Å². The molecule has 0 radical (unpaired) electrons. The Morgan fingerprint density at radius 3 is 2.17 bits per heavy atom. The van der Waals surface area contributed by atoms with E-state index in [4.69, 9.17) is 0 Å². The first-order chi connectivity index (χ1) is 11.0. The second kappa shape index (κ2) is 7.04. The van der Waals surface area contributed by atoms with Crippen molar-refractivity contribution in [3.05, 3.63) is 35.4 Å². The maximum absolute atomic E-state index is 11.9. The molecular formula is C20H30N2O. The van der Waals surface area contributed by atoms with Crippen molar-refractivity contribution < 1.29 is 4.79 Å². The molecule has 0 aromatic heterocycles. The zero-order chi connectivity index (χ0) is 16.4. The molecule has 2 aliphatic rings. The number of hydrogen-bond donors (Lipinski definition) is 1. The average molecular weight is 314 g/mol. The quantitative estimate of drug-likeness (QED) is 0.903. The Labute approximate surface area is 140 Å².